The molecule has 0 aliphatic rings. The van der Waals surface area contributed by atoms with Gasteiger partial charge in [0.15, 0.2) is 6.61 Å². The molecule has 0 saturated carbocycles. The van der Waals surface area contributed by atoms with Crippen LogP contribution >= 0.6 is 11.6 Å². The largest absolute Gasteiger partial charge is 0.484 e. The van der Waals surface area contributed by atoms with Crippen molar-refractivity contribution in [2.24, 2.45) is 0 Å². The van der Waals surface area contributed by atoms with Crippen molar-refractivity contribution in [2.45, 2.75) is 20.8 Å². The van der Waals surface area contributed by atoms with E-state index in [9.17, 15) is 4.79 Å². The molecule has 6 heteroatoms. The van der Waals surface area contributed by atoms with Crippen LogP contribution in [0.3, 0.4) is 0 Å². The molecular weight excluding hydrogens is 352 g/mol. The molecule has 3 rings (SSSR count). The lowest BCUT2D eigenvalue weighted by Gasteiger charge is -2.09. The van der Waals surface area contributed by atoms with Crippen LogP contribution in [0.2, 0.25) is 5.02 Å². The van der Waals surface area contributed by atoms with Gasteiger partial charge >= 0.3 is 0 Å². The number of rotatable bonds is 5. The monoisotopic (exact) mass is 370 g/mol. The number of hydrogen-bond donors (Lipinski definition) is 1. The van der Waals surface area contributed by atoms with Crippen LogP contribution in [-0.2, 0) is 4.79 Å². The topological polar surface area (TPSA) is 64.4 Å². The molecule has 26 heavy (non-hydrogen) atoms. The highest BCUT2D eigenvalue weighted by Gasteiger charge is 2.10. The third-order valence-electron chi connectivity index (χ3n) is 3.92. The van der Waals surface area contributed by atoms with Crippen molar-refractivity contribution < 1.29 is 13.9 Å². The van der Waals surface area contributed by atoms with Gasteiger partial charge in [0.05, 0.1) is 5.69 Å². The molecule has 1 N–H and O–H groups in total. The van der Waals surface area contributed by atoms with Crippen molar-refractivity contribution in [3.63, 3.8) is 0 Å². The number of amides is 1. The van der Waals surface area contributed by atoms with Crippen LogP contribution in [0, 0.1) is 20.8 Å². The molecule has 134 valence electrons. The zero-order valence-electron chi connectivity index (χ0n) is 14.8. The van der Waals surface area contributed by atoms with Crippen LogP contribution in [-0.4, -0.2) is 17.5 Å². The van der Waals surface area contributed by atoms with E-state index in [0.29, 0.717) is 22.4 Å². The first-order valence-corrected chi connectivity index (χ1v) is 8.53. The molecule has 1 amide bonds. The molecule has 0 atom stereocenters. The van der Waals surface area contributed by atoms with Crippen molar-refractivity contribution >= 4 is 23.2 Å². The Hall–Kier alpha value is -2.79. The molecule has 5 nitrogen and oxygen atoms in total. The highest BCUT2D eigenvalue weighted by molar-refractivity contribution is 6.31. The second-order valence-electron chi connectivity index (χ2n) is 5.99. The van der Waals surface area contributed by atoms with Crippen molar-refractivity contribution in [2.75, 3.05) is 11.9 Å². The average molecular weight is 371 g/mol. The Morgan fingerprint density at radius 2 is 2.00 bits per heavy atom. The van der Waals surface area contributed by atoms with E-state index in [1.165, 1.54) is 0 Å². The van der Waals surface area contributed by atoms with Gasteiger partial charge in [0.25, 0.3) is 5.91 Å². The van der Waals surface area contributed by atoms with Crippen molar-refractivity contribution in [1.29, 1.82) is 0 Å². The summed E-state index contributed by atoms with van der Waals surface area (Å²) in [5.74, 6) is 1.65. The van der Waals surface area contributed by atoms with Gasteiger partial charge in [-0.3, -0.25) is 4.79 Å². The first-order valence-electron chi connectivity index (χ1n) is 8.15. The molecule has 0 saturated heterocycles. The summed E-state index contributed by atoms with van der Waals surface area (Å²) < 4.78 is 11.1. The van der Waals surface area contributed by atoms with Crippen molar-refractivity contribution in [1.82, 2.24) is 4.98 Å². The van der Waals surface area contributed by atoms with Gasteiger partial charge in [-0.25, -0.2) is 4.98 Å². The number of nitrogens with one attached hydrogen (secondary N) is 1. The Balaban J connectivity index is 1.64. The quantitative estimate of drug-likeness (QED) is 0.691. The minimum atomic E-state index is -0.255. The normalized spacial score (nSPS) is 10.6. The van der Waals surface area contributed by atoms with Gasteiger partial charge in [-0.1, -0.05) is 17.7 Å². The lowest BCUT2D eigenvalue weighted by Crippen LogP contribution is -2.20. The Morgan fingerprint density at radius 1 is 1.19 bits per heavy atom. The van der Waals surface area contributed by atoms with Gasteiger partial charge in [-0.15, -0.1) is 0 Å². The van der Waals surface area contributed by atoms with Gasteiger partial charge in [0.2, 0.25) is 5.89 Å². The highest BCUT2D eigenvalue weighted by atomic mass is 35.5. The van der Waals surface area contributed by atoms with Crippen LogP contribution in [0.5, 0.6) is 5.75 Å². The smallest absolute Gasteiger partial charge is 0.262 e. The Kier molecular flexibility index (Phi) is 5.28. The predicted octanol–water partition coefficient (Wildman–Crippen LogP) is 4.94. The van der Waals surface area contributed by atoms with E-state index in [0.717, 1.165) is 22.6 Å². The van der Waals surface area contributed by atoms with Crippen LogP contribution in [0.25, 0.3) is 11.5 Å². The number of ether oxygens (including phenoxy) is 1. The molecule has 3 aromatic rings. The van der Waals surface area contributed by atoms with Gasteiger partial charge < -0.3 is 14.5 Å². The molecule has 0 bridgehead atoms. The minimum absolute atomic E-state index is 0.0947. The Morgan fingerprint density at radius 3 is 2.69 bits per heavy atom. The predicted molar refractivity (Wildman–Crippen MR) is 102 cm³/mol. The molecule has 0 aliphatic heterocycles. The second kappa shape index (κ2) is 7.62. The van der Waals surface area contributed by atoms with E-state index < -0.39 is 0 Å². The maximum absolute atomic E-state index is 12.1. The van der Waals surface area contributed by atoms with E-state index in [1.54, 1.807) is 24.3 Å². The number of hydrogen-bond acceptors (Lipinski definition) is 4. The number of aryl methyl sites for hydroxylation is 3. The number of oxazole rings is 1. The summed E-state index contributed by atoms with van der Waals surface area (Å²) in [5.41, 5.74) is 3.19. The van der Waals surface area contributed by atoms with E-state index in [4.69, 9.17) is 20.8 Å². The minimum Gasteiger partial charge on any atom is -0.484 e. The second-order valence-corrected chi connectivity index (χ2v) is 6.40. The molecule has 0 spiro atoms. The average Bonchev–Trinajstić information content (AvgIpc) is 2.95. The summed E-state index contributed by atoms with van der Waals surface area (Å²) in [6.07, 6.45) is 0. The fourth-order valence-electron chi connectivity index (χ4n) is 2.38. The molecule has 1 heterocycles. The number of carbonyl (C=O) groups is 1. The molecule has 0 fully saturated rings. The lowest BCUT2D eigenvalue weighted by atomic mass is 10.2. The molecule has 1 aromatic heterocycles. The van der Waals surface area contributed by atoms with Crippen molar-refractivity contribution in [3.05, 3.63) is 64.5 Å². The third-order valence-corrected chi connectivity index (χ3v) is 4.35. The highest BCUT2D eigenvalue weighted by Crippen LogP contribution is 2.24. The third kappa shape index (κ3) is 4.24. The molecule has 0 radical (unpaired) electrons. The maximum atomic E-state index is 12.1. The van der Waals surface area contributed by atoms with Gasteiger partial charge in [0.1, 0.15) is 11.5 Å². The van der Waals surface area contributed by atoms with Crippen LogP contribution in [0.15, 0.2) is 46.9 Å². The summed E-state index contributed by atoms with van der Waals surface area (Å²) in [6.45, 7) is 5.55. The molecule has 0 unspecified atom stereocenters. The summed E-state index contributed by atoms with van der Waals surface area (Å²) >= 11 is 5.98. The summed E-state index contributed by atoms with van der Waals surface area (Å²) in [6, 6.07) is 12.6. The number of aromatic nitrogens is 1. The van der Waals surface area contributed by atoms with E-state index in [-0.39, 0.29) is 12.5 Å². The first-order chi connectivity index (χ1) is 12.4. The summed E-state index contributed by atoms with van der Waals surface area (Å²) in [4.78, 5) is 16.5. The van der Waals surface area contributed by atoms with E-state index in [2.05, 4.69) is 10.3 Å². The maximum Gasteiger partial charge on any atom is 0.262 e. The van der Waals surface area contributed by atoms with Crippen LogP contribution < -0.4 is 10.1 Å². The Labute approximate surface area is 157 Å². The number of anilines is 1. The van der Waals surface area contributed by atoms with Crippen molar-refractivity contribution in [3.8, 4) is 17.2 Å². The van der Waals surface area contributed by atoms with Gasteiger partial charge in [-0.05, 0) is 62.7 Å². The van der Waals surface area contributed by atoms with Crippen LogP contribution in [0.1, 0.15) is 17.0 Å². The number of halogens is 1. The molecular formula is C20H19ClN2O3. The van der Waals surface area contributed by atoms with E-state index >= 15 is 0 Å². The molecule has 0 aliphatic carbocycles. The van der Waals surface area contributed by atoms with E-state index in [1.807, 2.05) is 39.0 Å². The SMILES string of the molecule is Cc1cc(OCC(=O)Nc2cccc(-c3nc(C)c(C)o3)c2)ccc1Cl. The summed E-state index contributed by atoms with van der Waals surface area (Å²) in [5, 5.41) is 3.47. The number of nitrogens with zero attached hydrogens (tertiary/aromatic N) is 1. The zero-order valence-corrected chi connectivity index (χ0v) is 15.6. The van der Waals surface area contributed by atoms with Crippen LogP contribution in [0.4, 0.5) is 5.69 Å². The standard InChI is InChI=1S/C20H19ClN2O3/c1-12-9-17(7-8-18(12)21)25-11-19(24)23-16-6-4-5-15(10-16)20-22-13(2)14(3)26-20/h4-10H,11H2,1-3H3,(H,23,24). The number of benzene rings is 2. The Bertz CT molecular complexity index is 930. The van der Waals surface area contributed by atoms with Gasteiger partial charge in [0, 0.05) is 16.3 Å². The van der Waals surface area contributed by atoms with Gasteiger partial charge in [-0.2, -0.15) is 0 Å². The lowest BCUT2D eigenvalue weighted by molar-refractivity contribution is -0.118. The molecule has 2 aromatic carbocycles. The zero-order chi connectivity index (χ0) is 18.7. The summed E-state index contributed by atoms with van der Waals surface area (Å²) in [7, 11) is 0. The first kappa shape index (κ1) is 18.0. The number of carbonyl (C=O) groups excluding carboxylic acids is 1. The fourth-order valence-corrected chi connectivity index (χ4v) is 2.50. The fraction of sp³-hybridized carbons (Fsp3) is 0.200.